The van der Waals surface area contributed by atoms with Crippen molar-refractivity contribution in [1.29, 1.82) is 0 Å². The third kappa shape index (κ3) is 3.83. The van der Waals surface area contributed by atoms with Gasteiger partial charge in [0.15, 0.2) is 0 Å². The molecule has 3 heteroatoms. The maximum Gasteiger partial charge on any atom is 0.314 e. The van der Waals surface area contributed by atoms with Crippen LogP contribution in [0.25, 0.3) is 0 Å². The fourth-order valence-corrected chi connectivity index (χ4v) is 3.00. The monoisotopic (exact) mass is 275 g/mol. The molecule has 1 atom stereocenters. The van der Waals surface area contributed by atoms with E-state index in [0.29, 0.717) is 0 Å². The van der Waals surface area contributed by atoms with Gasteiger partial charge < -0.3 is 9.64 Å². The van der Waals surface area contributed by atoms with Crippen molar-refractivity contribution in [3.05, 3.63) is 35.4 Å². The number of hydrogen-bond acceptors (Lipinski definition) is 3. The number of carbonyl (C=O) groups excluding carboxylic acids is 1. The molecule has 0 spiro atoms. The van der Waals surface area contributed by atoms with E-state index in [-0.39, 0.29) is 11.9 Å². The summed E-state index contributed by atoms with van der Waals surface area (Å²) in [7, 11) is 1.48. The quantitative estimate of drug-likeness (QED) is 0.791. The van der Waals surface area contributed by atoms with E-state index in [1.807, 2.05) is 12.1 Å². The lowest BCUT2D eigenvalue weighted by Gasteiger charge is -2.26. The van der Waals surface area contributed by atoms with Gasteiger partial charge in [-0.2, -0.15) is 0 Å². The molecule has 0 N–H and O–H groups in total. The van der Waals surface area contributed by atoms with Crippen LogP contribution in [0.3, 0.4) is 0 Å². The van der Waals surface area contributed by atoms with Crippen molar-refractivity contribution >= 4 is 5.97 Å². The predicted molar refractivity (Wildman–Crippen MR) is 80.8 cm³/mol. The second kappa shape index (κ2) is 7.44. The van der Waals surface area contributed by atoms with Gasteiger partial charge in [0.2, 0.25) is 0 Å². The van der Waals surface area contributed by atoms with Gasteiger partial charge in [-0.05, 0) is 44.0 Å². The smallest absolute Gasteiger partial charge is 0.314 e. The first kappa shape index (κ1) is 15.0. The highest BCUT2D eigenvalue weighted by Gasteiger charge is 2.25. The van der Waals surface area contributed by atoms with Crippen LogP contribution in [0.15, 0.2) is 24.3 Å². The molecule has 3 nitrogen and oxygen atoms in total. The molecule has 0 saturated carbocycles. The van der Waals surface area contributed by atoms with E-state index in [1.165, 1.54) is 32.8 Å². The van der Waals surface area contributed by atoms with Gasteiger partial charge in [0.1, 0.15) is 0 Å². The average molecular weight is 275 g/mol. The summed E-state index contributed by atoms with van der Waals surface area (Å²) in [6.45, 7) is 5.03. The van der Waals surface area contributed by atoms with Crippen LogP contribution in [-0.2, 0) is 9.53 Å². The fraction of sp³-hybridized carbons (Fsp3) is 0.588. The molecule has 1 aliphatic rings. The zero-order valence-corrected chi connectivity index (χ0v) is 12.6. The number of hydrogen-bond donors (Lipinski definition) is 0. The van der Waals surface area contributed by atoms with Gasteiger partial charge in [-0.15, -0.1) is 0 Å². The zero-order chi connectivity index (χ0) is 14.4. The standard InChI is InChI=1S/C17H25NO2/c1-14-9-5-6-10-15(14)16(17(19)20-2)13-18-11-7-3-4-8-12-18/h5-6,9-10,16H,3-4,7-8,11-13H2,1-2H3. The Morgan fingerprint density at radius 3 is 2.45 bits per heavy atom. The van der Waals surface area contributed by atoms with E-state index >= 15 is 0 Å². The van der Waals surface area contributed by atoms with Crippen LogP contribution in [0.4, 0.5) is 0 Å². The second-order valence-electron chi connectivity index (χ2n) is 5.65. The Hall–Kier alpha value is -1.35. The van der Waals surface area contributed by atoms with E-state index in [0.717, 1.165) is 30.8 Å². The van der Waals surface area contributed by atoms with Crippen molar-refractivity contribution in [3.8, 4) is 0 Å². The van der Waals surface area contributed by atoms with Gasteiger partial charge in [-0.25, -0.2) is 0 Å². The molecule has 0 aliphatic carbocycles. The summed E-state index contributed by atoms with van der Waals surface area (Å²) >= 11 is 0. The van der Waals surface area contributed by atoms with E-state index in [4.69, 9.17) is 4.74 Å². The molecule has 1 aromatic carbocycles. The van der Waals surface area contributed by atoms with Crippen molar-refractivity contribution in [2.24, 2.45) is 0 Å². The molecule has 2 rings (SSSR count). The molecule has 1 unspecified atom stereocenters. The predicted octanol–water partition coefficient (Wildman–Crippen LogP) is 3.13. The number of nitrogens with zero attached hydrogens (tertiary/aromatic N) is 1. The number of ether oxygens (including phenoxy) is 1. The summed E-state index contributed by atoms with van der Waals surface area (Å²) in [6, 6.07) is 8.13. The summed E-state index contributed by atoms with van der Waals surface area (Å²) < 4.78 is 5.03. The van der Waals surface area contributed by atoms with Crippen molar-refractivity contribution in [2.45, 2.75) is 38.5 Å². The number of esters is 1. The first-order valence-corrected chi connectivity index (χ1v) is 7.58. The minimum absolute atomic E-state index is 0.122. The maximum atomic E-state index is 12.2. The molecule has 0 bridgehead atoms. The molecule has 1 aliphatic heterocycles. The number of methoxy groups -OCH3 is 1. The molecule has 20 heavy (non-hydrogen) atoms. The number of rotatable bonds is 4. The van der Waals surface area contributed by atoms with E-state index in [2.05, 4.69) is 24.0 Å². The van der Waals surface area contributed by atoms with Crippen LogP contribution in [0.1, 0.15) is 42.7 Å². The first-order valence-electron chi connectivity index (χ1n) is 7.58. The van der Waals surface area contributed by atoms with Gasteiger partial charge in [0.25, 0.3) is 0 Å². The van der Waals surface area contributed by atoms with Crippen LogP contribution in [-0.4, -0.2) is 37.6 Å². The zero-order valence-electron chi connectivity index (χ0n) is 12.6. The molecular weight excluding hydrogens is 250 g/mol. The molecule has 1 fully saturated rings. The van der Waals surface area contributed by atoms with Crippen LogP contribution in [0.2, 0.25) is 0 Å². The van der Waals surface area contributed by atoms with Gasteiger partial charge in [0, 0.05) is 6.54 Å². The normalized spacial score (nSPS) is 18.3. The Kier molecular flexibility index (Phi) is 5.60. The van der Waals surface area contributed by atoms with Crippen molar-refractivity contribution in [3.63, 3.8) is 0 Å². The van der Waals surface area contributed by atoms with Crippen molar-refractivity contribution in [1.82, 2.24) is 4.90 Å². The molecule has 1 heterocycles. The summed E-state index contributed by atoms with van der Waals surface area (Å²) in [5, 5.41) is 0. The largest absolute Gasteiger partial charge is 0.469 e. The Balaban J connectivity index is 2.15. The highest BCUT2D eigenvalue weighted by Crippen LogP contribution is 2.23. The van der Waals surface area contributed by atoms with Gasteiger partial charge in [0.05, 0.1) is 13.0 Å². The lowest BCUT2D eigenvalue weighted by atomic mass is 9.94. The van der Waals surface area contributed by atoms with Crippen LogP contribution in [0.5, 0.6) is 0 Å². The third-order valence-corrected chi connectivity index (χ3v) is 4.19. The molecule has 0 aromatic heterocycles. The van der Waals surface area contributed by atoms with Gasteiger partial charge >= 0.3 is 5.97 Å². The number of carbonyl (C=O) groups is 1. The number of aryl methyl sites for hydroxylation is 1. The lowest BCUT2D eigenvalue weighted by Crippen LogP contribution is -2.33. The Morgan fingerprint density at radius 2 is 1.85 bits per heavy atom. The van der Waals surface area contributed by atoms with E-state index in [9.17, 15) is 4.79 Å². The van der Waals surface area contributed by atoms with Crippen LogP contribution < -0.4 is 0 Å². The Morgan fingerprint density at radius 1 is 1.20 bits per heavy atom. The minimum atomic E-state index is -0.167. The molecule has 110 valence electrons. The minimum Gasteiger partial charge on any atom is -0.469 e. The maximum absolute atomic E-state index is 12.2. The van der Waals surface area contributed by atoms with Crippen LogP contribution in [0, 0.1) is 6.92 Å². The second-order valence-corrected chi connectivity index (χ2v) is 5.65. The van der Waals surface area contributed by atoms with Crippen molar-refractivity contribution < 1.29 is 9.53 Å². The molecule has 1 saturated heterocycles. The Bertz CT molecular complexity index is 436. The Labute approximate surface area is 121 Å². The highest BCUT2D eigenvalue weighted by atomic mass is 16.5. The number of likely N-dealkylation sites (tertiary alicyclic amines) is 1. The fourth-order valence-electron chi connectivity index (χ4n) is 3.00. The van der Waals surface area contributed by atoms with Crippen molar-refractivity contribution in [2.75, 3.05) is 26.7 Å². The summed E-state index contributed by atoms with van der Waals surface area (Å²) in [5.41, 5.74) is 2.27. The van der Waals surface area contributed by atoms with E-state index in [1.54, 1.807) is 0 Å². The molecular formula is C17H25NO2. The topological polar surface area (TPSA) is 29.5 Å². The number of benzene rings is 1. The third-order valence-electron chi connectivity index (χ3n) is 4.19. The van der Waals surface area contributed by atoms with Crippen LogP contribution >= 0.6 is 0 Å². The highest BCUT2D eigenvalue weighted by molar-refractivity contribution is 5.78. The lowest BCUT2D eigenvalue weighted by molar-refractivity contribution is -0.143. The first-order chi connectivity index (χ1) is 9.72. The summed E-state index contributed by atoms with van der Waals surface area (Å²) in [5.74, 6) is -0.289. The average Bonchev–Trinajstić information content (AvgIpc) is 2.73. The van der Waals surface area contributed by atoms with Gasteiger partial charge in [-0.1, -0.05) is 37.1 Å². The SMILES string of the molecule is COC(=O)C(CN1CCCCCC1)c1ccccc1C. The van der Waals surface area contributed by atoms with E-state index < -0.39 is 0 Å². The summed E-state index contributed by atoms with van der Waals surface area (Å²) in [4.78, 5) is 14.6. The summed E-state index contributed by atoms with van der Waals surface area (Å²) in [6.07, 6.45) is 5.09. The van der Waals surface area contributed by atoms with Gasteiger partial charge in [-0.3, -0.25) is 4.79 Å². The molecule has 1 aromatic rings. The molecule has 0 amide bonds. The molecule has 0 radical (unpaired) electrons.